The third-order valence-electron chi connectivity index (χ3n) is 5.96. The Morgan fingerprint density at radius 3 is 2.21 bits per heavy atom. The monoisotopic (exact) mass is 443 g/mol. The van der Waals surface area contributed by atoms with Crippen molar-refractivity contribution in [1.29, 1.82) is 0 Å². The first-order chi connectivity index (χ1) is 15.9. The summed E-state index contributed by atoms with van der Waals surface area (Å²) >= 11 is 0. The van der Waals surface area contributed by atoms with Gasteiger partial charge in [-0.25, -0.2) is 9.78 Å². The fraction of sp³-hybridized carbons (Fsp3) is 0.259. The molecule has 0 saturated carbocycles. The first kappa shape index (κ1) is 22.4. The molecule has 170 valence electrons. The first-order valence-electron chi connectivity index (χ1n) is 11.0. The van der Waals surface area contributed by atoms with Crippen LogP contribution in [0.3, 0.4) is 0 Å². The highest BCUT2D eigenvalue weighted by molar-refractivity contribution is 6.09. The lowest BCUT2D eigenvalue weighted by atomic mass is 10.0. The van der Waals surface area contributed by atoms with E-state index in [9.17, 15) is 4.79 Å². The molecule has 0 aliphatic rings. The number of ether oxygens (including phenoxy) is 2. The molecule has 1 amide bonds. The molecule has 0 saturated heterocycles. The van der Waals surface area contributed by atoms with Crippen LogP contribution in [0.1, 0.15) is 22.3 Å². The fourth-order valence-corrected chi connectivity index (χ4v) is 3.93. The first-order valence-corrected chi connectivity index (χ1v) is 11.0. The van der Waals surface area contributed by atoms with Crippen molar-refractivity contribution >= 4 is 39.3 Å². The smallest absolute Gasteiger partial charge is 0.406 e. The topological polar surface area (TPSA) is 72.5 Å². The van der Waals surface area contributed by atoms with Gasteiger partial charge in [0.25, 0.3) is 0 Å². The second-order valence-corrected chi connectivity index (χ2v) is 8.24. The molecule has 6 nitrogen and oxygen atoms in total. The molecular weight excluding hydrogens is 414 g/mol. The van der Waals surface area contributed by atoms with Crippen LogP contribution < -0.4 is 15.4 Å². The number of aryl methyl sites for hydroxylation is 3. The second kappa shape index (κ2) is 9.36. The molecule has 1 aromatic heterocycles. The Morgan fingerprint density at radius 1 is 0.909 bits per heavy atom. The van der Waals surface area contributed by atoms with Crippen molar-refractivity contribution in [3.8, 4) is 5.75 Å². The predicted octanol–water partition coefficient (Wildman–Crippen LogP) is 5.96. The van der Waals surface area contributed by atoms with Gasteiger partial charge in [0.05, 0.1) is 30.4 Å². The molecule has 0 atom stereocenters. The molecule has 4 rings (SSSR count). The summed E-state index contributed by atoms with van der Waals surface area (Å²) in [6.07, 6.45) is 0.244. The second-order valence-electron chi connectivity index (χ2n) is 8.24. The van der Waals surface area contributed by atoms with E-state index >= 15 is 0 Å². The Balaban J connectivity index is 1.73. The Labute approximate surface area is 193 Å². The van der Waals surface area contributed by atoms with Crippen molar-refractivity contribution in [3.63, 3.8) is 0 Å². The zero-order valence-electron chi connectivity index (χ0n) is 19.7. The maximum Gasteiger partial charge on any atom is 0.406 e. The molecule has 0 spiro atoms. The average molecular weight is 444 g/mol. The number of nitrogens with one attached hydrogen (secondary N) is 2. The van der Waals surface area contributed by atoms with E-state index in [-0.39, 0.29) is 0 Å². The standard InChI is InChI=1S/C27H29N3O3/c1-16-12-21-23(14-17(16)2)30-24-15-25(32-5)18(3)13-22(24)26(21)29-20-8-6-19(7-9-20)10-11-33-27(31)28-4/h6-9,12-15H,10-11H2,1-5H3,(H,28,31)(H,29,30). The number of hydrogen-bond donors (Lipinski definition) is 2. The van der Waals surface area contributed by atoms with Gasteiger partial charge in [0, 0.05) is 36.0 Å². The Bertz CT molecular complexity index is 1330. The molecule has 0 bridgehead atoms. The number of alkyl carbamates (subject to hydrolysis) is 1. The molecule has 0 fully saturated rings. The predicted molar refractivity (Wildman–Crippen MR) is 134 cm³/mol. The minimum absolute atomic E-state index is 0.339. The van der Waals surface area contributed by atoms with Crippen LogP contribution in [0.25, 0.3) is 21.8 Å². The van der Waals surface area contributed by atoms with Crippen LogP contribution in [0.15, 0.2) is 48.5 Å². The van der Waals surface area contributed by atoms with E-state index in [1.54, 1.807) is 14.2 Å². The van der Waals surface area contributed by atoms with Crippen LogP contribution in [-0.2, 0) is 11.2 Å². The minimum Gasteiger partial charge on any atom is -0.496 e. The molecule has 3 aromatic carbocycles. The summed E-state index contributed by atoms with van der Waals surface area (Å²) in [7, 11) is 3.23. The van der Waals surface area contributed by atoms with Crippen molar-refractivity contribution in [2.24, 2.45) is 0 Å². The Morgan fingerprint density at radius 2 is 1.55 bits per heavy atom. The molecule has 1 heterocycles. The number of hydrogen-bond acceptors (Lipinski definition) is 5. The summed E-state index contributed by atoms with van der Waals surface area (Å²) < 4.78 is 10.6. The number of nitrogens with zero attached hydrogens (tertiary/aromatic N) is 1. The van der Waals surface area contributed by atoms with E-state index in [0.29, 0.717) is 13.0 Å². The van der Waals surface area contributed by atoms with Crippen LogP contribution in [-0.4, -0.2) is 31.8 Å². The number of fused-ring (bicyclic) bond motifs is 2. The summed E-state index contributed by atoms with van der Waals surface area (Å²) in [6, 6.07) is 16.6. The highest BCUT2D eigenvalue weighted by atomic mass is 16.5. The molecular formula is C27H29N3O3. The molecule has 0 aliphatic heterocycles. The number of benzene rings is 3. The molecule has 4 aromatic rings. The summed E-state index contributed by atoms with van der Waals surface area (Å²) in [5.74, 6) is 0.826. The van der Waals surface area contributed by atoms with Crippen molar-refractivity contribution in [1.82, 2.24) is 10.3 Å². The largest absolute Gasteiger partial charge is 0.496 e. The van der Waals surface area contributed by atoms with E-state index < -0.39 is 6.09 Å². The van der Waals surface area contributed by atoms with Crippen molar-refractivity contribution in [3.05, 3.63) is 70.8 Å². The lowest BCUT2D eigenvalue weighted by Crippen LogP contribution is -2.20. The number of pyridine rings is 1. The Hall–Kier alpha value is -3.80. The number of aromatic nitrogens is 1. The van der Waals surface area contributed by atoms with Gasteiger partial charge in [0.15, 0.2) is 0 Å². The molecule has 0 radical (unpaired) electrons. The molecule has 33 heavy (non-hydrogen) atoms. The van der Waals surface area contributed by atoms with E-state index in [1.807, 2.05) is 37.3 Å². The molecule has 0 aliphatic carbocycles. The third-order valence-corrected chi connectivity index (χ3v) is 5.96. The zero-order valence-corrected chi connectivity index (χ0v) is 19.7. The maximum atomic E-state index is 11.2. The summed E-state index contributed by atoms with van der Waals surface area (Å²) in [5, 5.41) is 8.22. The van der Waals surface area contributed by atoms with E-state index in [0.717, 1.165) is 50.1 Å². The van der Waals surface area contributed by atoms with Gasteiger partial charge < -0.3 is 20.1 Å². The normalized spacial score (nSPS) is 10.9. The van der Waals surface area contributed by atoms with Gasteiger partial charge >= 0.3 is 6.09 Å². The van der Waals surface area contributed by atoms with Gasteiger partial charge in [-0.3, -0.25) is 0 Å². The lowest BCUT2D eigenvalue weighted by molar-refractivity contribution is 0.150. The molecule has 2 N–H and O–H groups in total. The van der Waals surface area contributed by atoms with Gasteiger partial charge in [-0.05, 0) is 73.4 Å². The minimum atomic E-state index is -0.415. The average Bonchev–Trinajstić information content (AvgIpc) is 2.81. The van der Waals surface area contributed by atoms with Crippen LogP contribution in [0.4, 0.5) is 16.2 Å². The molecule has 0 unspecified atom stereocenters. The fourth-order valence-electron chi connectivity index (χ4n) is 3.93. The van der Waals surface area contributed by atoms with E-state index in [2.05, 4.69) is 42.7 Å². The summed E-state index contributed by atoms with van der Waals surface area (Å²) in [6.45, 7) is 6.61. The quantitative estimate of drug-likeness (QED) is 0.360. The zero-order chi connectivity index (χ0) is 23.5. The highest BCUT2D eigenvalue weighted by Gasteiger charge is 2.14. The third kappa shape index (κ3) is 4.70. The van der Waals surface area contributed by atoms with Crippen molar-refractivity contribution in [2.45, 2.75) is 27.2 Å². The number of methoxy groups -OCH3 is 1. The van der Waals surface area contributed by atoms with Gasteiger partial charge in [0.1, 0.15) is 5.75 Å². The van der Waals surface area contributed by atoms with Gasteiger partial charge in [0.2, 0.25) is 0 Å². The van der Waals surface area contributed by atoms with Crippen LogP contribution in [0.5, 0.6) is 5.75 Å². The van der Waals surface area contributed by atoms with Crippen LogP contribution >= 0.6 is 0 Å². The molecule has 6 heteroatoms. The van der Waals surface area contributed by atoms with Crippen molar-refractivity contribution in [2.75, 3.05) is 26.1 Å². The van der Waals surface area contributed by atoms with Gasteiger partial charge in [-0.2, -0.15) is 0 Å². The number of amides is 1. The number of anilines is 2. The Kier molecular flexibility index (Phi) is 6.36. The van der Waals surface area contributed by atoms with Gasteiger partial charge in [-0.1, -0.05) is 12.1 Å². The maximum absolute atomic E-state index is 11.2. The number of carbonyl (C=O) groups excluding carboxylic acids is 1. The SMILES string of the molecule is CNC(=O)OCCc1ccc(Nc2c3cc(C)c(C)cc3nc3cc(OC)c(C)cc23)cc1. The van der Waals surface area contributed by atoms with Crippen LogP contribution in [0, 0.1) is 20.8 Å². The summed E-state index contributed by atoms with van der Waals surface area (Å²) in [4.78, 5) is 16.2. The lowest BCUT2D eigenvalue weighted by Gasteiger charge is -2.16. The number of rotatable bonds is 6. The van der Waals surface area contributed by atoms with Crippen molar-refractivity contribution < 1.29 is 14.3 Å². The van der Waals surface area contributed by atoms with E-state index in [1.165, 1.54) is 11.1 Å². The number of carbonyl (C=O) groups is 1. The van der Waals surface area contributed by atoms with Gasteiger partial charge in [-0.15, -0.1) is 0 Å². The van der Waals surface area contributed by atoms with E-state index in [4.69, 9.17) is 14.5 Å². The highest BCUT2D eigenvalue weighted by Crippen LogP contribution is 2.37. The summed E-state index contributed by atoms with van der Waals surface area (Å²) in [5.41, 5.74) is 8.43. The van der Waals surface area contributed by atoms with Crippen LogP contribution in [0.2, 0.25) is 0 Å².